The van der Waals surface area contributed by atoms with Crippen molar-refractivity contribution in [1.82, 2.24) is 0 Å². The number of hydrogen-bond acceptors (Lipinski definition) is 6. The Bertz CT molecular complexity index is 1180. The van der Waals surface area contributed by atoms with E-state index in [1.54, 1.807) is 36.4 Å². The Kier molecular flexibility index (Phi) is 31.3. The van der Waals surface area contributed by atoms with Crippen molar-refractivity contribution in [2.45, 2.75) is 191 Å². The van der Waals surface area contributed by atoms with Crippen LogP contribution in [0.25, 0.3) is 0 Å². The van der Waals surface area contributed by atoms with Crippen LogP contribution in [0.5, 0.6) is 0 Å². The van der Waals surface area contributed by atoms with Gasteiger partial charge in [0, 0.05) is 0 Å². The Morgan fingerprint density at radius 3 is 0.857 bits per heavy atom. The van der Waals surface area contributed by atoms with Crippen molar-refractivity contribution >= 4 is 69.1 Å². The van der Waals surface area contributed by atoms with Crippen molar-refractivity contribution in [3.8, 4) is 0 Å². The van der Waals surface area contributed by atoms with Crippen LogP contribution in [0.3, 0.4) is 0 Å². The van der Waals surface area contributed by atoms with Crippen molar-refractivity contribution < 1.29 is 25.9 Å². The molecule has 49 heavy (non-hydrogen) atoms. The second-order valence-corrected chi connectivity index (χ2v) is 16.1. The molecule has 0 atom stereocenters. The number of hydrogen-bond donors (Lipinski definition) is 0. The third-order valence-electron chi connectivity index (χ3n) is 9.08. The van der Waals surface area contributed by atoms with E-state index in [2.05, 4.69) is 13.8 Å². The zero-order valence-corrected chi connectivity index (χ0v) is 37.1. The Labute approximate surface area is 342 Å². The van der Waals surface area contributed by atoms with E-state index in [4.69, 9.17) is 0 Å². The van der Waals surface area contributed by atoms with Crippen LogP contribution < -0.4 is 0 Å². The summed E-state index contributed by atoms with van der Waals surface area (Å²) in [5.41, 5.74) is 1.33. The molecule has 0 aromatic heterocycles. The largest absolute Gasteiger partial charge is 2.00 e. The zero-order valence-electron chi connectivity index (χ0n) is 31.0. The van der Waals surface area contributed by atoms with Gasteiger partial charge in [-0.2, -0.15) is 0 Å². The van der Waals surface area contributed by atoms with Crippen LogP contribution in [0.4, 0.5) is 0 Å². The summed E-state index contributed by atoms with van der Waals surface area (Å²) >= 11 is 0. The summed E-state index contributed by atoms with van der Waals surface area (Å²) in [6.07, 6.45) is 32.0. The van der Waals surface area contributed by atoms with Gasteiger partial charge in [-0.3, -0.25) is 0 Å². The average Bonchev–Trinajstić information content (AvgIpc) is 3.05. The fourth-order valence-corrected chi connectivity index (χ4v) is 7.69. The molecule has 0 unspecified atom stereocenters. The smallest absolute Gasteiger partial charge is 0.744 e. The van der Waals surface area contributed by atoms with Gasteiger partial charge < -0.3 is 9.11 Å². The van der Waals surface area contributed by atoms with E-state index in [9.17, 15) is 25.9 Å². The molecule has 0 saturated carbocycles. The molecule has 0 amide bonds. The predicted octanol–water partition coefficient (Wildman–Crippen LogP) is 11.3. The van der Waals surface area contributed by atoms with Crippen molar-refractivity contribution in [2.75, 3.05) is 0 Å². The molecule has 0 bridgehead atoms. The fraction of sp³-hybridized carbons (Fsp3) is 0.700. The molecule has 0 radical (unpaired) electrons. The van der Waals surface area contributed by atoms with Gasteiger partial charge >= 0.3 is 48.9 Å². The molecule has 276 valence electrons. The van der Waals surface area contributed by atoms with Crippen molar-refractivity contribution in [1.29, 1.82) is 0 Å². The van der Waals surface area contributed by atoms with E-state index in [1.165, 1.54) is 141 Å². The van der Waals surface area contributed by atoms with Gasteiger partial charge in [-0.1, -0.05) is 192 Å². The number of rotatable bonds is 28. The van der Waals surface area contributed by atoms with Crippen LogP contribution in [-0.4, -0.2) is 74.8 Å². The average molecular weight is 844 g/mol. The molecule has 0 spiro atoms. The standard InChI is InChI=1S/2C20H34O3S.Ba/c2*1-2-3-4-5-6-7-8-9-10-11-12-13-16-19-17-14-15-18-20(19)24(21,22)23;/h2*14-15,17-18H,2-13,16H2,1H3,(H,21,22,23);/q;;+2/p-2. The Morgan fingerprint density at radius 1 is 0.388 bits per heavy atom. The molecule has 0 saturated heterocycles. The molecule has 2 aromatic carbocycles. The molecule has 0 fully saturated rings. The minimum atomic E-state index is -4.35. The maximum atomic E-state index is 11.2. The molecule has 2 rings (SSSR count). The fourth-order valence-electron chi connectivity index (χ4n) is 6.22. The van der Waals surface area contributed by atoms with Crippen molar-refractivity contribution in [3.05, 3.63) is 59.7 Å². The predicted molar refractivity (Wildman–Crippen MR) is 204 cm³/mol. The summed E-state index contributed by atoms with van der Waals surface area (Å²) in [6, 6.07) is 13.1. The molecule has 9 heteroatoms. The summed E-state index contributed by atoms with van der Waals surface area (Å²) in [4.78, 5) is -0.0962. The van der Waals surface area contributed by atoms with Crippen molar-refractivity contribution in [2.24, 2.45) is 0 Å². The summed E-state index contributed by atoms with van der Waals surface area (Å²) in [7, 11) is -8.70. The number of unbranched alkanes of at least 4 members (excludes halogenated alkanes) is 22. The van der Waals surface area contributed by atoms with Gasteiger partial charge in [0.05, 0.1) is 9.79 Å². The van der Waals surface area contributed by atoms with E-state index in [-0.39, 0.29) is 58.7 Å². The van der Waals surface area contributed by atoms with Gasteiger partial charge in [0.25, 0.3) is 0 Å². The van der Waals surface area contributed by atoms with E-state index >= 15 is 0 Å². The molecule has 2 aromatic rings. The zero-order chi connectivity index (χ0) is 35.4. The van der Waals surface area contributed by atoms with Crippen LogP contribution in [0.1, 0.15) is 179 Å². The van der Waals surface area contributed by atoms with Gasteiger partial charge in [-0.05, 0) is 48.9 Å². The molecule has 6 nitrogen and oxygen atoms in total. The van der Waals surface area contributed by atoms with E-state index in [0.29, 0.717) is 24.0 Å². The maximum absolute atomic E-state index is 11.2. The summed E-state index contributed by atoms with van der Waals surface area (Å²) < 4.78 is 67.3. The third-order valence-corrected chi connectivity index (χ3v) is 11.0. The quantitative estimate of drug-likeness (QED) is 0.0479. The molecular formula is C40H66BaO6S2. The van der Waals surface area contributed by atoms with E-state index in [1.807, 2.05) is 0 Å². The monoisotopic (exact) mass is 844 g/mol. The topological polar surface area (TPSA) is 114 Å². The number of aryl methyl sites for hydroxylation is 2. The van der Waals surface area contributed by atoms with E-state index < -0.39 is 20.2 Å². The first-order chi connectivity index (χ1) is 23.1. The summed E-state index contributed by atoms with van der Waals surface area (Å²) in [5, 5.41) is 0. The van der Waals surface area contributed by atoms with Crippen LogP contribution in [0, 0.1) is 0 Å². The van der Waals surface area contributed by atoms with Gasteiger partial charge in [-0.25, -0.2) is 16.8 Å². The molecule has 0 N–H and O–H groups in total. The minimum absolute atomic E-state index is 0. The molecule has 0 aliphatic rings. The summed E-state index contributed by atoms with van der Waals surface area (Å²) in [5.74, 6) is 0. The Balaban J connectivity index is 0.000000922. The number of benzene rings is 2. The normalized spacial score (nSPS) is 11.5. The Morgan fingerprint density at radius 2 is 0.612 bits per heavy atom. The molecule has 0 aliphatic heterocycles. The van der Waals surface area contributed by atoms with Crippen LogP contribution in [-0.2, 0) is 33.1 Å². The van der Waals surface area contributed by atoms with Gasteiger partial charge in [0.1, 0.15) is 20.2 Å². The molecular weight excluding hydrogens is 778 g/mol. The third kappa shape index (κ3) is 26.3. The van der Waals surface area contributed by atoms with Gasteiger partial charge in [-0.15, -0.1) is 0 Å². The van der Waals surface area contributed by atoms with Crippen molar-refractivity contribution in [3.63, 3.8) is 0 Å². The summed E-state index contributed by atoms with van der Waals surface area (Å²) in [6.45, 7) is 4.50. The van der Waals surface area contributed by atoms with Crippen LogP contribution >= 0.6 is 0 Å². The Hall–Kier alpha value is -0.169. The van der Waals surface area contributed by atoms with Crippen LogP contribution in [0.15, 0.2) is 58.3 Å². The first-order valence-electron chi connectivity index (χ1n) is 19.2. The van der Waals surface area contributed by atoms with Gasteiger partial charge in [0.2, 0.25) is 0 Å². The van der Waals surface area contributed by atoms with Crippen LogP contribution in [0.2, 0.25) is 0 Å². The second-order valence-electron chi connectivity index (χ2n) is 13.4. The molecule has 0 aliphatic carbocycles. The molecule has 0 heterocycles. The SMILES string of the molecule is CCCCCCCCCCCCCCc1ccccc1S(=O)(=O)[O-].CCCCCCCCCCCCCCc1ccccc1S(=O)(=O)[O-].[Ba+2]. The first kappa shape index (κ1) is 48.8. The van der Waals surface area contributed by atoms with E-state index in [0.717, 1.165) is 25.7 Å². The first-order valence-corrected chi connectivity index (χ1v) is 22.0. The minimum Gasteiger partial charge on any atom is -0.744 e. The maximum Gasteiger partial charge on any atom is 2.00 e. The second kappa shape index (κ2) is 31.4. The van der Waals surface area contributed by atoms with Gasteiger partial charge in [0.15, 0.2) is 0 Å².